The van der Waals surface area contributed by atoms with Gasteiger partial charge in [-0.1, -0.05) is 12.1 Å². The van der Waals surface area contributed by atoms with Crippen molar-refractivity contribution in [3.63, 3.8) is 0 Å². The predicted molar refractivity (Wildman–Crippen MR) is 85.4 cm³/mol. The summed E-state index contributed by atoms with van der Waals surface area (Å²) in [6.45, 7) is -0.194. The molecule has 7 nitrogen and oxygen atoms in total. The van der Waals surface area contributed by atoms with Crippen molar-refractivity contribution in [3.05, 3.63) is 35.4 Å². The minimum atomic E-state index is -0.538. The third kappa shape index (κ3) is 3.92. The molecule has 2 rings (SSSR count). The Kier molecular flexibility index (Phi) is 5.07. The first kappa shape index (κ1) is 16.6. The van der Waals surface area contributed by atoms with Crippen LogP contribution >= 0.6 is 12.2 Å². The van der Waals surface area contributed by atoms with Crippen molar-refractivity contribution in [2.45, 2.75) is 0 Å². The Labute approximate surface area is 137 Å². The summed E-state index contributed by atoms with van der Waals surface area (Å²) < 4.78 is 9.68. The number of rotatable bonds is 4. The molecule has 0 unspecified atom stereocenters. The number of carbonyl (C=O) groups is 3. The minimum Gasteiger partial charge on any atom is -0.482 e. The summed E-state index contributed by atoms with van der Waals surface area (Å²) in [5.74, 6) is -1.02. The highest BCUT2D eigenvalue weighted by Crippen LogP contribution is 2.17. The molecule has 1 fully saturated rings. The molecule has 120 valence electrons. The molecule has 0 aliphatic carbocycles. The van der Waals surface area contributed by atoms with Gasteiger partial charge in [0.15, 0.2) is 11.7 Å². The maximum absolute atomic E-state index is 12.1. The Morgan fingerprint density at radius 3 is 2.57 bits per heavy atom. The zero-order valence-corrected chi connectivity index (χ0v) is 13.3. The molecule has 0 spiro atoms. The molecule has 1 aromatic rings. The second-order valence-corrected chi connectivity index (χ2v) is 5.00. The molecule has 1 N–H and O–H groups in total. The first-order valence-corrected chi connectivity index (χ1v) is 6.98. The Hall–Kier alpha value is -2.74. The van der Waals surface area contributed by atoms with Gasteiger partial charge in [0.25, 0.3) is 11.8 Å². The molecule has 1 aromatic carbocycles. The Morgan fingerprint density at radius 1 is 1.30 bits per heavy atom. The quantitative estimate of drug-likeness (QED) is 0.373. The van der Waals surface area contributed by atoms with E-state index in [2.05, 4.69) is 10.1 Å². The van der Waals surface area contributed by atoms with E-state index in [-0.39, 0.29) is 17.3 Å². The smallest absolute Gasteiger partial charge is 0.343 e. The van der Waals surface area contributed by atoms with Crippen molar-refractivity contribution in [1.29, 1.82) is 0 Å². The van der Waals surface area contributed by atoms with Crippen molar-refractivity contribution in [2.75, 3.05) is 20.8 Å². The van der Waals surface area contributed by atoms with E-state index in [1.165, 1.54) is 25.1 Å². The zero-order valence-electron chi connectivity index (χ0n) is 12.5. The van der Waals surface area contributed by atoms with Crippen LogP contribution in [0.4, 0.5) is 0 Å². The molecule has 8 heteroatoms. The number of carbonyl (C=O) groups excluding carboxylic acids is 3. The number of thiocarbonyl (C=S) groups is 1. The van der Waals surface area contributed by atoms with E-state index in [0.29, 0.717) is 11.3 Å². The van der Waals surface area contributed by atoms with Crippen molar-refractivity contribution < 1.29 is 23.9 Å². The molecule has 1 aliphatic heterocycles. The molecule has 1 saturated heterocycles. The van der Waals surface area contributed by atoms with Crippen LogP contribution in [0.1, 0.15) is 5.56 Å². The van der Waals surface area contributed by atoms with E-state index in [9.17, 15) is 14.4 Å². The summed E-state index contributed by atoms with van der Waals surface area (Å²) in [7, 11) is 2.76. The molecule has 0 radical (unpaired) electrons. The Morgan fingerprint density at radius 2 is 1.96 bits per heavy atom. The van der Waals surface area contributed by atoms with Crippen LogP contribution in [0.5, 0.6) is 5.75 Å². The largest absolute Gasteiger partial charge is 0.482 e. The number of likely N-dealkylation sites (N-methyl/N-ethyl adjacent to an activating group) is 1. The molecule has 23 heavy (non-hydrogen) atoms. The molecular formula is C15H14N2O5S. The van der Waals surface area contributed by atoms with Crippen LogP contribution in [0.2, 0.25) is 0 Å². The molecule has 0 aromatic heterocycles. The van der Waals surface area contributed by atoms with Crippen molar-refractivity contribution in [2.24, 2.45) is 0 Å². The van der Waals surface area contributed by atoms with E-state index in [4.69, 9.17) is 17.0 Å². The maximum atomic E-state index is 12.1. The van der Waals surface area contributed by atoms with Crippen LogP contribution in [0, 0.1) is 0 Å². The standard InChI is InChI=1S/C15H14N2O5S/c1-17-14(20)11(13(19)16-15(17)23)7-9-3-5-10(6-4-9)22-8-12(18)21-2/h3-7H,8H2,1-2H3,(H,16,19,23). The van der Waals surface area contributed by atoms with Gasteiger partial charge >= 0.3 is 5.97 Å². The van der Waals surface area contributed by atoms with Crippen molar-refractivity contribution >= 4 is 41.2 Å². The zero-order chi connectivity index (χ0) is 17.0. The van der Waals surface area contributed by atoms with Gasteiger partial charge in [0.2, 0.25) is 0 Å². The topological polar surface area (TPSA) is 84.9 Å². The Balaban J connectivity index is 2.13. The number of nitrogens with zero attached hydrogens (tertiary/aromatic N) is 1. The van der Waals surface area contributed by atoms with Crippen LogP contribution < -0.4 is 10.1 Å². The number of nitrogens with one attached hydrogen (secondary N) is 1. The maximum Gasteiger partial charge on any atom is 0.343 e. The van der Waals surface area contributed by atoms with Gasteiger partial charge in [0, 0.05) is 7.05 Å². The number of amides is 2. The van der Waals surface area contributed by atoms with Crippen molar-refractivity contribution in [3.8, 4) is 5.75 Å². The highest BCUT2D eigenvalue weighted by atomic mass is 32.1. The van der Waals surface area contributed by atoms with Crippen LogP contribution in [0.15, 0.2) is 29.8 Å². The fourth-order valence-electron chi connectivity index (χ4n) is 1.77. The highest BCUT2D eigenvalue weighted by molar-refractivity contribution is 7.80. The number of hydrogen-bond donors (Lipinski definition) is 1. The first-order chi connectivity index (χ1) is 10.9. The lowest BCUT2D eigenvalue weighted by atomic mass is 10.1. The van der Waals surface area contributed by atoms with Crippen LogP contribution in [-0.2, 0) is 19.1 Å². The van der Waals surface area contributed by atoms with Gasteiger partial charge < -0.3 is 9.47 Å². The van der Waals surface area contributed by atoms with Crippen LogP contribution in [-0.4, -0.2) is 48.6 Å². The fraction of sp³-hybridized carbons (Fsp3) is 0.200. The number of benzene rings is 1. The number of ether oxygens (including phenoxy) is 2. The first-order valence-electron chi connectivity index (χ1n) is 6.57. The number of esters is 1. The summed E-state index contributed by atoms with van der Waals surface area (Å²) in [5, 5.41) is 2.51. The van der Waals surface area contributed by atoms with Gasteiger partial charge in [-0.05, 0) is 36.0 Å². The molecule has 0 bridgehead atoms. The Bertz CT molecular complexity index is 696. The summed E-state index contributed by atoms with van der Waals surface area (Å²) in [6, 6.07) is 6.56. The number of hydrogen-bond acceptors (Lipinski definition) is 6. The summed E-state index contributed by atoms with van der Waals surface area (Å²) in [5.41, 5.74) is 0.625. The van der Waals surface area contributed by atoms with Crippen LogP contribution in [0.3, 0.4) is 0 Å². The normalized spacial score (nSPS) is 16.3. The monoisotopic (exact) mass is 334 g/mol. The second kappa shape index (κ2) is 7.01. The average molecular weight is 334 g/mol. The van der Waals surface area contributed by atoms with Gasteiger partial charge in [-0.2, -0.15) is 0 Å². The third-order valence-corrected chi connectivity index (χ3v) is 3.46. The highest BCUT2D eigenvalue weighted by Gasteiger charge is 2.30. The molecule has 0 atom stereocenters. The summed E-state index contributed by atoms with van der Waals surface area (Å²) >= 11 is 4.87. The van der Waals surface area contributed by atoms with Gasteiger partial charge in [-0.3, -0.25) is 19.8 Å². The van der Waals surface area contributed by atoms with E-state index < -0.39 is 17.8 Å². The molecule has 0 saturated carbocycles. The lowest BCUT2D eigenvalue weighted by Gasteiger charge is -2.25. The average Bonchev–Trinajstić information content (AvgIpc) is 2.55. The fourth-order valence-corrected chi connectivity index (χ4v) is 1.95. The van der Waals surface area contributed by atoms with Gasteiger partial charge in [-0.15, -0.1) is 0 Å². The van der Waals surface area contributed by atoms with Crippen LogP contribution in [0.25, 0.3) is 6.08 Å². The van der Waals surface area contributed by atoms with Gasteiger partial charge in [0.05, 0.1) is 7.11 Å². The lowest BCUT2D eigenvalue weighted by Crippen LogP contribution is -2.52. The van der Waals surface area contributed by atoms with E-state index >= 15 is 0 Å². The second-order valence-electron chi connectivity index (χ2n) is 4.62. The predicted octanol–water partition coefficient (Wildman–Crippen LogP) is 0.495. The van der Waals surface area contributed by atoms with Gasteiger partial charge in [-0.25, -0.2) is 4.79 Å². The lowest BCUT2D eigenvalue weighted by molar-refractivity contribution is -0.143. The number of methoxy groups -OCH3 is 1. The molecule has 2 amide bonds. The minimum absolute atomic E-state index is 0.00988. The summed E-state index contributed by atoms with van der Waals surface area (Å²) in [6.07, 6.45) is 1.46. The molecule has 1 aliphatic rings. The molecule has 1 heterocycles. The van der Waals surface area contributed by atoms with E-state index in [0.717, 1.165) is 0 Å². The SMILES string of the molecule is COC(=O)COc1ccc(C=C2C(=O)NC(=S)N(C)C2=O)cc1. The van der Waals surface area contributed by atoms with E-state index in [1.807, 2.05) is 0 Å². The van der Waals surface area contributed by atoms with Gasteiger partial charge in [0.1, 0.15) is 11.3 Å². The molecular weight excluding hydrogens is 320 g/mol. The van der Waals surface area contributed by atoms with Crippen molar-refractivity contribution in [1.82, 2.24) is 10.2 Å². The summed E-state index contributed by atoms with van der Waals surface area (Å²) in [4.78, 5) is 36.1. The third-order valence-electron chi connectivity index (χ3n) is 3.08. The van der Waals surface area contributed by atoms with E-state index in [1.54, 1.807) is 24.3 Å².